The molecule has 0 aliphatic carbocycles. The first-order valence-electron chi connectivity index (χ1n) is 5.64. The van der Waals surface area contributed by atoms with Crippen LogP contribution in [0.15, 0.2) is 30.3 Å². The molecule has 1 aromatic rings. The summed E-state index contributed by atoms with van der Waals surface area (Å²) in [6, 6.07) is 9.61. The molecule has 2 atom stereocenters. The first-order valence-corrected chi connectivity index (χ1v) is 6.09. The lowest BCUT2D eigenvalue weighted by atomic mass is 9.97. The molecular weight excluding hydrogens is 234 g/mol. The Morgan fingerprint density at radius 3 is 2.41 bits per heavy atom. The van der Waals surface area contributed by atoms with Gasteiger partial charge in [0.05, 0.1) is 0 Å². The first-order chi connectivity index (χ1) is 8.09. The summed E-state index contributed by atoms with van der Waals surface area (Å²) in [6.07, 6.45) is 0.673. The molecule has 1 aromatic carbocycles. The molecule has 1 aliphatic heterocycles. The Balaban J connectivity index is 2.20. The Morgan fingerprint density at radius 2 is 1.94 bits per heavy atom. The van der Waals surface area contributed by atoms with Crippen molar-refractivity contribution < 1.29 is 9.59 Å². The van der Waals surface area contributed by atoms with Gasteiger partial charge >= 0.3 is 0 Å². The average molecular weight is 249 g/mol. The van der Waals surface area contributed by atoms with Gasteiger partial charge in [-0.05, 0) is 12.0 Å². The normalized spacial score (nSPS) is 23.8. The van der Waals surface area contributed by atoms with Gasteiger partial charge in [-0.3, -0.25) is 9.59 Å². The third kappa shape index (κ3) is 2.52. The zero-order chi connectivity index (χ0) is 12.4. The Labute approximate surface area is 106 Å². The third-order valence-corrected chi connectivity index (χ3v) is 3.56. The lowest BCUT2D eigenvalue weighted by Crippen LogP contribution is -2.37. The number of likely N-dealkylation sites (tertiary alicyclic amines) is 1. The summed E-state index contributed by atoms with van der Waals surface area (Å²) >= 11 is 3.87. The van der Waals surface area contributed by atoms with Crippen molar-refractivity contribution in [2.24, 2.45) is 0 Å². The van der Waals surface area contributed by atoms with E-state index in [-0.39, 0.29) is 23.0 Å². The topological polar surface area (TPSA) is 37.4 Å². The van der Waals surface area contributed by atoms with E-state index in [2.05, 4.69) is 12.6 Å². The summed E-state index contributed by atoms with van der Waals surface area (Å²) in [5.74, 6) is 0.178. The SMILES string of the molecule is CC(=O)N1C[C@@H](c2ccccc2)C[C@H]1C(=O)S. The summed E-state index contributed by atoms with van der Waals surface area (Å²) in [4.78, 5) is 24.5. The van der Waals surface area contributed by atoms with Crippen molar-refractivity contribution in [3.05, 3.63) is 35.9 Å². The van der Waals surface area contributed by atoms with Crippen molar-refractivity contribution >= 4 is 23.7 Å². The van der Waals surface area contributed by atoms with Crippen LogP contribution in [0.25, 0.3) is 0 Å². The van der Waals surface area contributed by atoms with Gasteiger partial charge in [0.2, 0.25) is 11.0 Å². The summed E-state index contributed by atoms with van der Waals surface area (Å²) in [5, 5.41) is -0.223. The molecule has 1 fully saturated rings. The number of rotatable bonds is 2. The number of hydrogen-bond acceptors (Lipinski definition) is 2. The number of carbonyl (C=O) groups excluding carboxylic acids is 2. The van der Waals surface area contributed by atoms with E-state index in [4.69, 9.17) is 0 Å². The van der Waals surface area contributed by atoms with Gasteiger partial charge in [-0.15, -0.1) is 12.6 Å². The monoisotopic (exact) mass is 249 g/mol. The lowest BCUT2D eigenvalue weighted by molar-refractivity contribution is -0.133. The number of thiol groups is 1. The molecule has 0 spiro atoms. The largest absolute Gasteiger partial charge is 0.331 e. The Hall–Kier alpha value is -1.29. The highest BCUT2D eigenvalue weighted by molar-refractivity contribution is 7.96. The van der Waals surface area contributed by atoms with Crippen LogP contribution in [-0.2, 0) is 9.59 Å². The van der Waals surface area contributed by atoms with Crippen molar-refractivity contribution in [2.75, 3.05) is 6.54 Å². The van der Waals surface area contributed by atoms with Crippen molar-refractivity contribution in [1.82, 2.24) is 4.90 Å². The smallest absolute Gasteiger partial charge is 0.220 e. The number of carbonyl (C=O) groups is 2. The second-order valence-corrected chi connectivity index (χ2v) is 4.81. The Morgan fingerprint density at radius 1 is 1.29 bits per heavy atom. The van der Waals surface area contributed by atoms with Crippen LogP contribution in [0.5, 0.6) is 0 Å². The number of nitrogens with zero attached hydrogens (tertiary/aromatic N) is 1. The van der Waals surface area contributed by atoms with Gasteiger partial charge in [-0.25, -0.2) is 0 Å². The second kappa shape index (κ2) is 4.92. The zero-order valence-electron chi connectivity index (χ0n) is 9.67. The minimum absolute atomic E-state index is 0.0594. The van der Waals surface area contributed by atoms with E-state index in [1.54, 1.807) is 4.90 Å². The van der Waals surface area contributed by atoms with Crippen LogP contribution in [0.1, 0.15) is 24.8 Å². The molecule has 0 N–H and O–H groups in total. The molecule has 0 radical (unpaired) electrons. The molecular formula is C13H15NO2S. The third-order valence-electron chi connectivity index (χ3n) is 3.26. The van der Waals surface area contributed by atoms with Gasteiger partial charge in [0.25, 0.3) is 0 Å². The van der Waals surface area contributed by atoms with Gasteiger partial charge < -0.3 is 4.90 Å². The van der Waals surface area contributed by atoms with Gasteiger partial charge in [0.1, 0.15) is 6.04 Å². The fourth-order valence-corrected chi connectivity index (χ4v) is 2.63. The maximum atomic E-state index is 11.5. The molecule has 1 aliphatic rings. The molecule has 0 bridgehead atoms. The van der Waals surface area contributed by atoms with E-state index in [1.807, 2.05) is 30.3 Å². The predicted octanol–water partition coefficient (Wildman–Crippen LogP) is 1.85. The highest BCUT2D eigenvalue weighted by atomic mass is 32.1. The summed E-state index contributed by atoms with van der Waals surface area (Å²) < 4.78 is 0. The van der Waals surface area contributed by atoms with E-state index in [1.165, 1.54) is 12.5 Å². The summed E-state index contributed by atoms with van der Waals surface area (Å²) in [5.41, 5.74) is 1.18. The van der Waals surface area contributed by atoms with E-state index in [0.717, 1.165) is 0 Å². The number of amides is 1. The molecule has 17 heavy (non-hydrogen) atoms. The zero-order valence-corrected chi connectivity index (χ0v) is 10.6. The van der Waals surface area contributed by atoms with Crippen molar-refractivity contribution in [3.63, 3.8) is 0 Å². The van der Waals surface area contributed by atoms with Crippen LogP contribution in [0.4, 0.5) is 0 Å². The molecule has 4 heteroatoms. The standard InChI is InChI=1S/C13H15NO2S/c1-9(15)14-8-11(7-12(14)13(16)17)10-5-3-2-4-6-10/h2-6,11-12H,7-8H2,1H3,(H,16,17)/t11-,12-/m0/s1. The van der Waals surface area contributed by atoms with Gasteiger partial charge in [0, 0.05) is 19.4 Å². The van der Waals surface area contributed by atoms with Gasteiger partial charge in [-0.1, -0.05) is 30.3 Å². The highest BCUT2D eigenvalue weighted by Crippen LogP contribution is 2.32. The molecule has 0 aromatic heterocycles. The highest BCUT2D eigenvalue weighted by Gasteiger charge is 2.37. The Kier molecular flexibility index (Phi) is 3.52. The van der Waals surface area contributed by atoms with E-state index < -0.39 is 0 Å². The molecule has 1 amide bonds. The van der Waals surface area contributed by atoms with Gasteiger partial charge in [0.15, 0.2) is 0 Å². The van der Waals surface area contributed by atoms with Crippen LogP contribution in [0.2, 0.25) is 0 Å². The molecule has 0 saturated carbocycles. The molecule has 2 rings (SSSR count). The van der Waals surface area contributed by atoms with Crippen LogP contribution in [-0.4, -0.2) is 28.5 Å². The average Bonchev–Trinajstić information content (AvgIpc) is 2.75. The molecule has 0 unspecified atom stereocenters. The number of hydrogen-bond donors (Lipinski definition) is 1. The van der Waals surface area contributed by atoms with Crippen molar-refractivity contribution in [1.29, 1.82) is 0 Å². The fraction of sp³-hybridized carbons (Fsp3) is 0.385. The minimum atomic E-state index is -0.374. The maximum Gasteiger partial charge on any atom is 0.220 e. The Bertz CT molecular complexity index is 410. The van der Waals surface area contributed by atoms with E-state index in [9.17, 15) is 9.59 Å². The minimum Gasteiger partial charge on any atom is -0.331 e. The quantitative estimate of drug-likeness (QED) is 0.812. The van der Waals surface area contributed by atoms with Crippen molar-refractivity contribution in [2.45, 2.75) is 25.3 Å². The summed E-state index contributed by atoms with van der Waals surface area (Å²) in [7, 11) is 0. The van der Waals surface area contributed by atoms with E-state index in [0.29, 0.717) is 13.0 Å². The van der Waals surface area contributed by atoms with Crippen LogP contribution in [0.3, 0.4) is 0 Å². The second-order valence-electron chi connectivity index (χ2n) is 4.37. The van der Waals surface area contributed by atoms with E-state index >= 15 is 0 Å². The van der Waals surface area contributed by atoms with Crippen LogP contribution >= 0.6 is 12.6 Å². The maximum absolute atomic E-state index is 11.5. The van der Waals surface area contributed by atoms with Crippen LogP contribution in [0, 0.1) is 0 Å². The molecule has 90 valence electrons. The van der Waals surface area contributed by atoms with Gasteiger partial charge in [-0.2, -0.15) is 0 Å². The van der Waals surface area contributed by atoms with Crippen LogP contribution < -0.4 is 0 Å². The molecule has 1 heterocycles. The first kappa shape index (κ1) is 12.2. The number of benzene rings is 1. The lowest BCUT2D eigenvalue weighted by Gasteiger charge is -2.19. The molecule has 3 nitrogen and oxygen atoms in total. The fourth-order valence-electron chi connectivity index (χ4n) is 2.38. The summed E-state index contributed by atoms with van der Waals surface area (Å²) in [6.45, 7) is 2.10. The van der Waals surface area contributed by atoms with Crippen molar-refractivity contribution in [3.8, 4) is 0 Å². The predicted molar refractivity (Wildman–Crippen MR) is 69.0 cm³/mol. The molecule has 1 saturated heterocycles.